The van der Waals surface area contributed by atoms with Crippen LogP contribution < -0.4 is 5.73 Å². The van der Waals surface area contributed by atoms with Gasteiger partial charge in [-0.3, -0.25) is 0 Å². The van der Waals surface area contributed by atoms with Gasteiger partial charge in [-0.05, 0) is 23.8 Å². The highest BCUT2D eigenvalue weighted by atomic mass is 35.5. The Hall–Kier alpha value is -0.360. The highest BCUT2D eigenvalue weighted by molar-refractivity contribution is 7.20. The quantitative estimate of drug-likeness (QED) is 0.841. The van der Waals surface area contributed by atoms with E-state index in [1.54, 1.807) is 6.07 Å². The van der Waals surface area contributed by atoms with Gasteiger partial charge in [-0.1, -0.05) is 40.9 Å². The summed E-state index contributed by atoms with van der Waals surface area (Å²) in [6, 6.07) is 5.58. The van der Waals surface area contributed by atoms with E-state index in [1.807, 2.05) is 0 Å². The first-order valence-corrected chi connectivity index (χ1v) is 7.67. The molecule has 0 saturated heterocycles. The van der Waals surface area contributed by atoms with E-state index >= 15 is 0 Å². The second-order valence-corrected chi connectivity index (χ2v) is 6.93. The maximum Gasteiger partial charge on any atom is 0.124 e. The van der Waals surface area contributed by atoms with Crippen LogP contribution in [-0.4, -0.2) is 11.7 Å². The molecule has 7 heteroatoms. The highest BCUT2D eigenvalue weighted by Crippen LogP contribution is 2.41. The molecule has 108 valence electrons. The van der Waals surface area contributed by atoms with Crippen LogP contribution in [0.2, 0.25) is 13.7 Å². The summed E-state index contributed by atoms with van der Waals surface area (Å²) in [5, 5.41) is 10.7. The summed E-state index contributed by atoms with van der Waals surface area (Å²) in [4.78, 5) is 0. The number of aliphatic hydroxyl groups excluding tert-OH is 1. The standard InChI is InChI=1S/C13H11Cl3FNOS/c14-10-3-6(17)1-2-7(10)9(5-18)12(19)8-4-11(15)20-13(8)16/h1-4,9,12,19H,5,18H2. The van der Waals surface area contributed by atoms with Gasteiger partial charge in [0.05, 0.1) is 10.4 Å². The van der Waals surface area contributed by atoms with Crippen molar-refractivity contribution in [3.8, 4) is 0 Å². The molecule has 0 spiro atoms. The van der Waals surface area contributed by atoms with Gasteiger partial charge in [0.15, 0.2) is 0 Å². The normalized spacial score (nSPS) is 14.3. The van der Waals surface area contributed by atoms with Gasteiger partial charge in [0.25, 0.3) is 0 Å². The van der Waals surface area contributed by atoms with Crippen molar-refractivity contribution < 1.29 is 9.50 Å². The Morgan fingerprint density at radius 3 is 2.40 bits per heavy atom. The average molecular weight is 355 g/mol. The molecule has 0 aliphatic heterocycles. The molecular formula is C13H11Cl3FNOS. The van der Waals surface area contributed by atoms with Gasteiger partial charge in [0, 0.05) is 23.0 Å². The van der Waals surface area contributed by atoms with Crippen LogP contribution >= 0.6 is 46.1 Å². The SMILES string of the molecule is NCC(c1ccc(F)cc1Cl)C(O)c1cc(Cl)sc1Cl. The summed E-state index contributed by atoms with van der Waals surface area (Å²) >= 11 is 19.1. The minimum atomic E-state index is -0.959. The fourth-order valence-electron chi connectivity index (χ4n) is 2.00. The third-order valence-electron chi connectivity index (χ3n) is 3.00. The van der Waals surface area contributed by atoms with Gasteiger partial charge >= 0.3 is 0 Å². The molecule has 0 bridgehead atoms. The van der Waals surface area contributed by atoms with Crippen molar-refractivity contribution in [3.05, 3.63) is 54.9 Å². The van der Waals surface area contributed by atoms with Crippen molar-refractivity contribution in [3.63, 3.8) is 0 Å². The number of hydrogen-bond donors (Lipinski definition) is 2. The monoisotopic (exact) mass is 353 g/mol. The third kappa shape index (κ3) is 3.27. The smallest absolute Gasteiger partial charge is 0.124 e. The Labute approximate surface area is 134 Å². The van der Waals surface area contributed by atoms with Crippen molar-refractivity contribution >= 4 is 46.1 Å². The van der Waals surface area contributed by atoms with Crippen LogP contribution in [0, 0.1) is 5.82 Å². The average Bonchev–Trinajstić information content (AvgIpc) is 2.71. The molecule has 20 heavy (non-hydrogen) atoms. The molecule has 2 rings (SSSR count). The van der Waals surface area contributed by atoms with E-state index < -0.39 is 17.8 Å². The summed E-state index contributed by atoms with van der Waals surface area (Å²) in [7, 11) is 0. The number of hydrogen-bond acceptors (Lipinski definition) is 3. The molecular weight excluding hydrogens is 344 g/mol. The van der Waals surface area contributed by atoms with Gasteiger partial charge in [0.1, 0.15) is 10.2 Å². The van der Waals surface area contributed by atoms with E-state index in [1.165, 1.54) is 18.2 Å². The second-order valence-electron chi connectivity index (χ2n) is 4.23. The molecule has 2 unspecified atom stereocenters. The Morgan fingerprint density at radius 1 is 1.20 bits per heavy atom. The van der Waals surface area contributed by atoms with E-state index in [4.69, 9.17) is 40.5 Å². The van der Waals surface area contributed by atoms with Crippen molar-refractivity contribution in [2.24, 2.45) is 5.73 Å². The Morgan fingerprint density at radius 2 is 1.90 bits per heavy atom. The maximum atomic E-state index is 13.1. The number of aliphatic hydroxyl groups is 1. The minimum Gasteiger partial charge on any atom is -0.388 e. The predicted molar refractivity (Wildman–Crippen MR) is 82.5 cm³/mol. The number of benzene rings is 1. The molecule has 2 nitrogen and oxygen atoms in total. The largest absolute Gasteiger partial charge is 0.388 e. The van der Waals surface area contributed by atoms with Crippen LogP contribution in [0.5, 0.6) is 0 Å². The van der Waals surface area contributed by atoms with Crippen molar-refractivity contribution in [2.75, 3.05) is 6.54 Å². The summed E-state index contributed by atoms with van der Waals surface area (Å²) in [5.74, 6) is -0.938. The van der Waals surface area contributed by atoms with Crippen molar-refractivity contribution in [1.29, 1.82) is 0 Å². The first kappa shape index (κ1) is 16.0. The minimum absolute atomic E-state index is 0.135. The molecule has 1 aromatic carbocycles. The lowest BCUT2D eigenvalue weighted by atomic mass is 9.90. The number of rotatable bonds is 4. The topological polar surface area (TPSA) is 46.2 Å². The van der Waals surface area contributed by atoms with E-state index in [0.29, 0.717) is 19.8 Å². The summed E-state index contributed by atoms with van der Waals surface area (Å²) in [6.45, 7) is 0.135. The van der Waals surface area contributed by atoms with E-state index in [9.17, 15) is 9.50 Å². The Kier molecular flexibility index (Phi) is 5.29. The molecule has 0 radical (unpaired) electrons. The summed E-state index contributed by atoms with van der Waals surface area (Å²) in [5.41, 5.74) is 6.79. The first-order chi connectivity index (χ1) is 9.43. The lowest BCUT2D eigenvalue weighted by Gasteiger charge is -2.22. The molecule has 0 aliphatic rings. The van der Waals surface area contributed by atoms with Crippen LogP contribution in [0.3, 0.4) is 0 Å². The number of halogens is 4. The molecule has 2 aromatic rings. The molecule has 0 fully saturated rings. The predicted octanol–water partition coefficient (Wildman–Crippen LogP) is 4.62. The van der Waals surface area contributed by atoms with Crippen LogP contribution in [0.25, 0.3) is 0 Å². The van der Waals surface area contributed by atoms with Crippen LogP contribution in [0.1, 0.15) is 23.1 Å². The molecule has 1 heterocycles. The summed E-state index contributed by atoms with van der Waals surface area (Å²) in [6.07, 6.45) is -0.959. The van der Waals surface area contributed by atoms with Crippen molar-refractivity contribution in [2.45, 2.75) is 12.0 Å². The third-order valence-corrected chi connectivity index (χ3v) is 4.84. The van der Waals surface area contributed by atoms with Gasteiger partial charge in [-0.2, -0.15) is 0 Å². The van der Waals surface area contributed by atoms with E-state index in [0.717, 1.165) is 11.3 Å². The van der Waals surface area contributed by atoms with Gasteiger partial charge in [0.2, 0.25) is 0 Å². The zero-order valence-corrected chi connectivity index (χ0v) is 13.2. The van der Waals surface area contributed by atoms with Crippen LogP contribution in [0.15, 0.2) is 24.3 Å². The highest BCUT2D eigenvalue weighted by Gasteiger charge is 2.26. The molecule has 1 aromatic heterocycles. The van der Waals surface area contributed by atoms with Gasteiger partial charge in [-0.25, -0.2) is 4.39 Å². The lowest BCUT2D eigenvalue weighted by Crippen LogP contribution is -2.20. The molecule has 2 atom stereocenters. The lowest BCUT2D eigenvalue weighted by molar-refractivity contribution is 0.148. The van der Waals surface area contributed by atoms with Crippen LogP contribution in [-0.2, 0) is 0 Å². The second kappa shape index (κ2) is 6.60. The molecule has 0 aliphatic carbocycles. The zero-order chi connectivity index (χ0) is 14.9. The molecule has 0 saturated carbocycles. The fraction of sp³-hybridized carbons (Fsp3) is 0.231. The molecule has 0 amide bonds. The maximum absolute atomic E-state index is 13.1. The number of nitrogens with two attached hydrogens (primary N) is 1. The van der Waals surface area contributed by atoms with Crippen LogP contribution in [0.4, 0.5) is 4.39 Å². The van der Waals surface area contributed by atoms with E-state index in [2.05, 4.69) is 0 Å². The Balaban J connectivity index is 2.39. The summed E-state index contributed by atoms with van der Waals surface area (Å²) < 4.78 is 14.0. The van der Waals surface area contributed by atoms with E-state index in [-0.39, 0.29) is 11.6 Å². The fourth-order valence-corrected chi connectivity index (χ4v) is 3.84. The van der Waals surface area contributed by atoms with Crippen molar-refractivity contribution in [1.82, 2.24) is 0 Å². The Bertz CT molecular complexity index is 620. The first-order valence-electron chi connectivity index (χ1n) is 5.71. The molecule has 3 N–H and O–H groups in total. The number of thiophene rings is 1. The van der Waals surface area contributed by atoms with Gasteiger partial charge in [-0.15, -0.1) is 11.3 Å². The van der Waals surface area contributed by atoms with Gasteiger partial charge < -0.3 is 10.8 Å². The zero-order valence-electron chi connectivity index (χ0n) is 10.1.